The van der Waals surface area contributed by atoms with Gasteiger partial charge in [-0.3, -0.25) is 9.69 Å². The van der Waals surface area contributed by atoms with Crippen LogP contribution in [0.4, 0.5) is 0 Å². The Balaban J connectivity index is 1.48. The Bertz CT molecular complexity index is 539. The number of hydrogen-bond donors (Lipinski definition) is 1. The number of aliphatic carboxylic acids is 1. The standard InChI is InChI=1S/C20H29NO4/c22-20(23)10-11-21-12-13-24-19(14-21)17-6-8-18(9-7-17)25-15-16-4-2-1-3-5-16/h6-9,16,19H,1-5,10-15H2,(H,22,23). The molecular formula is C20H29NO4. The van der Waals surface area contributed by atoms with Crippen molar-refractivity contribution < 1.29 is 19.4 Å². The van der Waals surface area contributed by atoms with E-state index in [0.717, 1.165) is 31.0 Å². The summed E-state index contributed by atoms with van der Waals surface area (Å²) in [4.78, 5) is 12.9. The lowest BCUT2D eigenvalue weighted by atomic mass is 9.90. The molecule has 138 valence electrons. The van der Waals surface area contributed by atoms with Crippen molar-refractivity contribution in [1.29, 1.82) is 0 Å². The van der Waals surface area contributed by atoms with E-state index in [9.17, 15) is 4.79 Å². The molecule has 0 aromatic heterocycles. The fourth-order valence-corrected chi connectivity index (χ4v) is 3.71. The summed E-state index contributed by atoms with van der Waals surface area (Å²) in [6, 6.07) is 8.19. The number of ether oxygens (including phenoxy) is 2. The molecule has 1 aliphatic heterocycles. The highest BCUT2D eigenvalue weighted by molar-refractivity contribution is 5.66. The van der Waals surface area contributed by atoms with Crippen molar-refractivity contribution in [2.75, 3.05) is 32.8 Å². The molecule has 2 aliphatic rings. The summed E-state index contributed by atoms with van der Waals surface area (Å²) in [5.74, 6) is 0.883. The summed E-state index contributed by atoms with van der Waals surface area (Å²) in [5, 5.41) is 8.83. The summed E-state index contributed by atoms with van der Waals surface area (Å²) in [5.41, 5.74) is 1.13. The van der Waals surface area contributed by atoms with Crippen LogP contribution in [-0.4, -0.2) is 48.8 Å². The molecule has 0 bridgehead atoms. The van der Waals surface area contributed by atoms with E-state index in [-0.39, 0.29) is 12.5 Å². The van der Waals surface area contributed by atoms with Crippen LogP contribution < -0.4 is 4.74 Å². The number of nitrogens with zero attached hydrogens (tertiary/aromatic N) is 1. The van der Waals surface area contributed by atoms with Gasteiger partial charge in [-0.25, -0.2) is 0 Å². The Morgan fingerprint density at radius 1 is 1.20 bits per heavy atom. The summed E-state index contributed by atoms with van der Waals surface area (Å²) >= 11 is 0. The van der Waals surface area contributed by atoms with E-state index in [0.29, 0.717) is 19.1 Å². The molecule has 1 heterocycles. The van der Waals surface area contributed by atoms with Gasteiger partial charge in [-0.1, -0.05) is 31.4 Å². The molecule has 2 fully saturated rings. The van der Waals surface area contributed by atoms with Crippen molar-refractivity contribution in [3.05, 3.63) is 29.8 Å². The van der Waals surface area contributed by atoms with E-state index in [4.69, 9.17) is 14.6 Å². The van der Waals surface area contributed by atoms with Crippen LogP contribution >= 0.6 is 0 Å². The van der Waals surface area contributed by atoms with Crippen LogP contribution in [0.2, 0.25) is 0 Å². The van der Waals surface area contributed by atoms with Crippen LogP contribution in [0.3, 0.4) is 0 Å². The number of carbonyl (C=O) groups is 1. The lowest BCUT2D eigenvalue weighted by Crippen LogP contribution is -2.39. The zero-order valence-electron chi connectivity index (χ0n) is 14.9. The molecule has 1 saturated carbocycles. The molecular weight excluding hydrogens is 318 g/mol. The Morgan fingerprint density at radius 2 is 1.96 bits per heavy atom. The molecule has 1 N–H and O–H groups in total. The van der Waals surface area contributed by atoms with Crippen molar-refractivity contribution in [3.8, 4) is 5.75 Å². The maximum atomic E-state index is 10.7. The molecule has 25 heavy (non-hydrogen) atoms. The van der Waals surface area contributed by atoms with Gasteiger partial charge in [0.2, 0.25) is 0 Å². The Morgan fingerprint density at radius 3 is 2.68 bits per heavy atom. The normalized spacial score (nSPS) is 22.6. The third kappa shape index (κ3) is 5.72. The molecule has 1 saturated heterocycles. The topological polar surface area (TPSA) is 59.0 Å². The van der Waals surface area contributed by atoms with Crippen molar-refractivity contribution in [2.45, 2.75) is 44.6 Å². The van der Waals surface area contributed by atoms with Gasteiger partial charge < -0.3 is 14.6 Å². The Hall–Kier alpha value is -1.59. The quantitative estimate of drug-likeness (QED) is 0.818. The van der Waals surface area contributed by atoms with Crippen LogP contribution in [0.5, 0.6) is 5.75 Å². The lowest BCUT2D eigenvalue weighted by molar-refractivity contribution is -0.137. The molecule has 0 radical (unpaired) electrons. The predicted molar refractivity (Wildman–Crippen MR) is 95.9 cm³/mol. The predicted octanol–water partition coefficient (Wildman–Crippen LogP) is 3.49. The van der Waals surface area contributed by atoms with E-state index >= 15 is 0 Å². The second kappa shape index (κ2) is 9.20. The highest BCUT2D eigenvalue weighted by atomic mass is 16.5. The maximum Gasteiger partial charge on any atom is 0.304 e. The van der Waals surface area contributed by atoms with Crippen LogP contribution in [0.15, 0.2) is 24.3 Å². The van der Waals surface area contributed by atoms with Crippen molar-refractivity contribution in [2.24, 2.45) is 5.92 Å². The Labute approximate surface area is 149 Å². The number of morpholine rings is 1. The van der Waals surface area contributed by atoms with E-state index < -0.39 is 5.97 Å². The van der Waals surface area contributed by atoms with Crippen LogP contribution in [-0.2, 0) is 9.53 Å². The first-order valence-corrected chi connectivity index (χ1v) is 9.49. The second-order valence-corrected chi connectivity index (χ2v) is 7.19. The number of rotatable bonds is 7. The van der Waals surface area contributed by atoms with Gasteiger partial charge in [-0.15, -0.1) is 0 Å². The van der Waals surface area contributed by atoms with Crippen LogP contribution in [0.25, 0.3) is 0 Å². The average Bonchev–Trinajstić information content (AvgIpc) is 2.66. The average molecular weight is 347 g/mol. The minimum Gasteiger partial charge on any atom is -0.493 e. The van der Waals surface area contributed by atoms with Gasteiger partial charge in [0.25, 0.3) is 0 Å². The van der Waals surface area contributed by atoms with Gasteiger partial charge in [0.1, 0.15) is 5.75 Å². The number of hydrogen-bond acceptors (Lipinski definition) is 4. The first-order valence-electron chi connectivity index (χ1n) is 9.49. The summed E-state index contributed by atoms with van der Waals surface area (Å²) in [7, 11) is 0. The van der Waals surface area contributed by atoms with Crippen molar-refractivity contribution in [3.63, 3.8) is 0 Å². The van der Waals surface area contributed by atoms with E-state index in [1.165, 1.54) is 32.1 Å². The minimum atomic E-state index is -0.748. The summed E-state index contributed by atoms with van der Waals surface area (Å²) in [6.45, 7) is 3.59. The SMILES string of the molecule is O=C(O)CCN1CCOC(c2ccc(OCC3CCCCC3)cc2)C1. The Kier molecular flexibility index (Phi) is 6.70. The van der Waals surface area contributed by atoms with Crippen molar-refractivity contribution >= 4 is 5.97 Å². The molecule has 1 unspecified atom stereocenters. The largest absolute Gasteiger partial charge is 0.493 e. The molecule has 0 spiro atoms. The first-order chi connectivity index (χ1) is 12.2. The minimum absolute atomic E-state index is 0.00920. The molecule has 5 nitrogen and oxygen atoms in total. The fraction of sp³-hybridized carbons (Fsp3) is 0.650. The highest BCUT2D eigenvalue weighted by Crippen LogP contribution is 2.27. The van der Waals surface area contributed by atoms with Gasteiger partial charge >= 0.3 is 5.97 Å². The van der Waals surface area contributed by atoms with E-state index in [1.54, 1.807) is 0 Å². The third-order valence-corrected chi connectivity index (χ3v) is 5.25. The molecule has 5 heteroatoms. The molecule has 1 aromatic carbocycles. The van der Waals surface area contributed by atoms with Crippen LogP contribution in [0, 0.1) is 5.92 Å². The van der Waals surface area contributed by atoms with Gasteiger partial charge in [-0.05, 0) is 36.5 Å². The second-order valence-electron chi connectivity index (χ2n) is 7.19. The molecule has 3 rings (SSSR count). The van der Waals surface area contributed by atoms with Gasteiger partial charge in [-0.2, -0.15) is 0 Å². The zero-order valence-corrected chi connectivity index (χ0v) is 14.9. The maximum absolute atomic E-state index is 10.7. The number of carboxylic acid groups (broad SMARTS) is 1. The molecule has 0 amide bonds. The number of carboxylic acids is 1. The summed E-state index contributed by atoms with van der Waals surface area (Å²) in [6.07, 6.45) is 6.82. The van der Waals surface area contributed by atoms with Gasteiger partial charge in [0.05, 0.1) is 25.7 Å². The van der Waals surface area contributed by atoms with Gasteiger partial charge in [0.15, 0.2) is 0 Å². The summed E-state index contributed by atoms with van der Waals surface area (Å²) < 4.78 is 11.8. The first kappa shape index (κ1) is 18.2. The fourth-order valence-electron chi connectivity index (χ4n) is 3.71. The lowest BCUT2D eigenvalue weighted by Gasteiger charge is -2.32. The molecule has 1 aromatic rings. The van der Waals surface area contributed by atoms with Crippen molar-refractivity contribution in [1.82, 2.24) is 4.90 Å². The van der Waals surface area contributed by atoms with Crippen LogP contribution in [0.1, 0.15) is 50.2 Å². The third-order valence-electron chi connectivity index (χ3n) is 5.25. The zero-order chi connectivity index (χ0) is 17.5. The number of benzene rings is 1. The smallest absolute Gasteiger partial charge is 0.304 e. The molecule has 1 aliphatic carbocycles. The molecule has 1 atom stereocenters. The van der Waals surface area contributed by atoms with E-state index in [1.807, 2.05) is 12.1 Å². The highest BCUT2D eigenvalue weighted by Gasteiger charge is 2.22. The van der Waals surface area contributed by atoms with E-state index in [2.05, 4.69) is 17.0 Å². The van der Waals surface area contributed by atoms with Gasteiger partial charge in [0, 0.05) is 19.6 Å². The monoisotopic (exact) mass is 347 g/mol.